The van der Waals surface area contributed by atoms with Crippen LogP contribution >= 0.6 is 0 Å². The molecule has 0 saturated carbocycles. The molecule has 5 nitrogen and oxygen atoms in total. The van der Waals surface area contributed by atoms with E-state index in [2.05, 4.69) is 143 Å². The predicted molar refractivity (Wildman–Crippen MR) is 256 cm³/mol. The molecule has 12 aromatic rings. The normalized spacial score (nSPS) is 12.0. The van der Waals surface area contributed by atoms with Gasteiger partial charge >= 0.3 is 0 Å². The number of nitrogens with zero attached hydrogens (tertiary/aromatic N) is 5. The minimum Gasteiger partial charge on any atom is -0.308 e. The summed E-state index contributed by atoms with van der Waals surface area (Å²) in [4.78, 5) is 16.5. The molecular formula is C57H37N5. The van der Waals surface area contributed by atoms with E-state index in [0.717, 1.165) is 93.9 Å². The molecule has 0 saturated heterocycles. The average molecular weight is 794 g/mol. The number of fused-ring (bicyclic) bond motifs is 6. The minimum atomic E-state index is 0.435. The standard InChI is InChI=1S/C57H37N5/c1-4-20-38(21-5-1)41-30-18-36-51(61-47-32-14-10-26-43(47)44-27-11-15-33-48(44)61)53(41)56-58-55(40-24-8-3-9-25-40)59-57(60-56)54-42(39-22-6-2-7-23-39)31-19-37-52(54)62-49-34-16-12-28-45(49)46-29-13-17-35-50(46)62/h1-37H/i1D,2D. The summed E-state index contributed by atoms with van der Waals surface area (Å²) in [6, 6.07) is 73.2. The van der Waals surface area contributed by atoms with Gasteiger partial charge < -0.3 is 9.13 Å². The quantitative estimate of drug-likeness (QED) is 0.161. The molecular weight excluding hydrogens is 755 g/mol. The van der Waals surface area contributed by atoms with Crippen LogP contribution in [0.3, 0.4) is 0 Å². The van der Waals surface area contributed by atoms with Gasteiger partial charge in [-0.3, -0.25) is 0 Å². The first-order valence-corrected chi connectivity index (χ1v) is 20.8. The second kappa shape index (κ2) is 14.7. The number of rotatable bonds is 7. The monoisotopic (exact) mass is 793 g/mol. The Balaban J connectivity index is 1.23. The van der Waals surface area contributed by atoms with Crippen molar-refractivity contribution in [2.24, 2.45) is 0 Å². The molecule has 5 heteroatoms. The Kier molecular flexibility index (Phi) is 7.92. The lowest BCUT2D eigenvalue weighted by Crippen LogP contribution is -2.07. The van der Waals surface area contributed by atoms with Crippen LogP contribution < -0.4 is 0 Å². The maximum atomic E-state index is 8.39. The minimum absolute atomic E-state index is 0.435. The van der Waals surface area contributed by atoms with Crippen molar-refractivity contribution in [2.75, 3.05) is 0 Å². The first-order valence-electron chi connectivity index (χ1n) is 21.8. The number of hydrogen-bond donors (Lipinski definition) is 0. The zero-order valence-corrected chi connectivity index (χ0v) is 33.4. The lowest BCUT2D eigenvalue weighted by molar-refractivity contribution is 1.06. The lowest BCUT2D eigenvalue weighted by atomic mass is 9.95. The third-order valence-corrected chi connectivity index (χ3v) is 11.9. The van der Waals surface area contributed by atoms with Crippen molar-refractivity contribution in [3.05, 3.63) is 224 Å². The van der Waals surface area contributed by atoms with Crippen molar-refractivity contribution >= 4 is 43.6 Å². The van der Waals surface area contributed by atoms with Crippen LogP contribution in [-0.2, 0) is 0 Å². The van der Waals surface area contributed by atoms with Gasteiger partial charge in [0.25, 0.3) is 0 Å². The van der Waals surface area contributed by atoms with E-state index in [1.165, 1.54) is 0 Å². The highest BCUT2D eigenvalue weighted by Crippen LogP contribution is 2.44. The number of benzene rings is 9. The number of aromatic nitrogens is 5. The Hall–Kier alpha value is -8.41. The summed E-state index contributed by atoms with van der Waals surface area (Å²) < 4.78 is 21.4. The molecule has 0 atom stereocenters. The highest BCUT2D eigenvalue weighted by molar-refractivity contribution is 6.11. The van der Waals surface area contributed by atoms with Gasteiger partial charge in [0.2, 0.25) is 0 Å². The van der Waals surface area contributed by atoms with Gasteiger partial charge in [0.15, 0.2) is 17.5 Å². The highest BCUT2D eigenvalue weighted by atomic mass is 15.1. The second-order valence-corrected chi connectivity index (χ2v) is 15.4. The predicted octanol–water partition coefficient (Wildman–Crippen LogP) is 14.4. The van der Waals surface area contributed by atoms with Crippen LogP contribution in [0.2, 0.25) is 0 Å². The molecule has 0 unspecified atom stereocenters. The van der Waals surface area contributed by atoms with E-state index < -0.39 is 0 Å². The molecule has 9 aromatic carbocycles. The lowest BCUT2D eigenvalue weighted by Gasteiger charge is -2.20. The Morgan fingerprint density at radius 1 is 0.290 bits per heavy atom. The molecule has 0 amide bonds. The molecule has 0 spiro atoms. The molecule has 3 aromatic heterocycles. The van der Waals surface area contributed by atoms with E-state index in [4.69, 9.17) is 17.7 Å². The van der Waals surface area contributed by atoms with Crippen molar-refractivity contribution in [1.29, 1.82) is 0 Å². The smallest absolute Gasteiger partial charge is 0.166 e. The van der Waals surface area contributed by atoms with Gasteiger partial charge in [-0.05, 0) is 58.7 Å². The fourth-order valence-electron chi connectivity index (χ4n) is 9.22. The maximum Gasteiger partial charge on any atom is 0.166 e. The second-order valence-electron chi connectivity index (χ2n) is 15.4. The van der Waals surface area contributed by atoms with E-state index in [-0.39, 0.29) is 0 Å². The molecule has 0 fully saturated rings. The van der Waals surface area contributed by atoms with Crippen LogP contribution in [0.15, 0.2) is 224 Å². The zero-order valence-electron chi connectivity index (χ0n) is 35.4. The first-order chi connectivity index (χ1) is 31.6. The van der Waals surface area contributed by atoms with Crippen LogP contribution in [0.4, 0.5) is 0 Å². The summed E-state index contributed by atoms with van der Waals surface area (Å²) in [5.74, 6) is 1.56. The van der Waals surface area contributed by atoms with Crippen LogP contribution in [-0.4, -0.2) is 24.1 Å². The Labute approximate surface area is 361 Å². The molecule has 0 aliphatic heterocycles. The fourth-order valence-corrected chi connectivity index (χ4v) is 9.22. The largest absolute Gasteiger partial charge is 0.308 e. The van der Waals surface area contributed by atoms with E-state index in [1.54, 1.807) is 0 Å². The third kappa shape index (κ3) is 5.75. The Morgan fingerprint density at radius 3 is 1.03 bits per heavy atom. The van der Waals surface area contributed by atoms with Gasteiger partial charge in [0, 0.05) is 27.1 Å². The third-order valence-electron chi connectivity index (χ3n) is 11.9. The molecule has 3 heterocycles. The molecule has 62 heavy (non-hydrogen) atoms. The summed E-state index contributed by atoms with van der Waals surface area (Å²) in [6.45, 7) is 0. The van der Waals surface area contributed by atoms with Crippen molar-refractivity contribution in [1.82, 2.24) is 24.1 Å². The highest BCUT2D eigenvalue weighted by Gasteiger charge is 2.26. The molecule has 290 valence electrons. The van der Waals surface area contributed by atoms with Gasteiger partial charge in [-0.25, -0.2) is 15.0 Å². The summed E-state index contributed by atoms with van der Waals surface area (Å²) in [5, 5.41) is 4.60. The van der Waals surface area contributed by atoms with Gasteiger partial charge in [-0.1, -0.05) is 188 Å². The van der Waals surface area contributed by atoms with Crippen LogP contribution in [0, 0.1) is 0 Å². The Morgan fingerprint density at radius 2 is 0.629 bits per heavy atom. The van der Waals surface area contributed by atoms with Crippen molar-refractivity contribution in [3.63, 3.8) is 0 Å². The van der Waals surface area contributed by atoms with E-state index in [0.29, 0.717) is 29.6 Å². The van der Waals surface area contributed by atoms with Crippen LogP contribution in [0.5, 0.6) is 0 Å². The fraction of sp³-hybridized carbons (Fsp3) is 0. The summed E-state index contributed by atoms with van der Waals surface area (Å²) in [6.07, 6.45) is 0. The van der Waals surface area contributed by atoms with Crippen LogP contribution in [0.25, 0.3) is 111 Å². The zero-order chi connectivity index (χ0) is 42.7. The maximum absolute atomic E-state index is 8.39. The SMILES string of the molecule is [2H]c1ccc(-c2cccc(-n3c4ccccc4c4ccccc43)c2-c2nc(-c3ccccc3)nc(-c3c(-c4ccc([2H])cc4)cccc3-n3c4ccccc4c4ccccc43)n2)cc1. The molecule has 0 radical (unpaired) electrons. The number of hydrogen-bond acceptors (Lipinski definition) is 3. The van der Waals surface area contributed by atoms with Gasteiger partial charge in [0.05, 0.1) is 47.3 Å². The molecule has 0 aliphatic rings. The molecule has 12 rings (SSSR count). The average Bonchev–Trinajstić information content (AvgIpc) is 3.87. The molecule has 0 N–H and O–H groups in total. The topological polar surface area (TPSA) is 48.5 Å². The molecule has 0 bridgehead atoms. The Bertz CT molecular complexity index is 3410. The van der Waals surface area contributed by atoms with Crippen molar-refractivity contribution in [2.45, 2.75) is 0 Å². The first kappa shape index (κ1) is 33.4. The number of para-hydroxylation sites is 4. The summed E-state index contributed by atoms with van der Waals surface area (Å²) in [7, 11) is 0. The van der Waals surface area contributed by atoms with Gasteiger partial charge in [-0.15, -0.1) is 0 Å². The van der Waals surface area contributed by atoms with Gasteiger partial charge in [0.1, 0.15) is 0 Å². The van der Waals surface area contributed by atoms with Crippen molar-refractivity contribution in [3.8, 4) is 67.8 Å². The van der Waals surface area contributed by atoms with Crippen molar-refractivity contribution < 1.29 is 2.74 Å². The van der Waals surface area contributed by atoms with E-state index in [9.17, 15) is 0 Å². The molecule has 0 aliphatic carbocycles. The summed E-state index contributed by atoms with van der Waals surface area (Å²) in [5.41, 5.74) is 12.4. The van der Waals surface area contributed by atoms with Gasteiger partial charge in [-0.2, -0.15) is 0 Å². The van der Waals surface area contributed by atoms with E-state index >= 15 is 0 Å². The van der Waals surface area contributed by atoms with E-state index in [1.807, 2.05) is 78.9 Å². The summed E-state index contributed by atoms with van der Waals surface area (Å²) >= 11 is 0. The van der Waals surface area contributed by atoms with Crippen LogP contribution in [0.1, 0.15) is 2.74 Å².